The Bertz CT molecular complexity index is 1060. The van der Waals surface area contributed by atoms with Gasteiger partial charge in [-0.1, -0.05) is 0 Å². The largest absolute Gasteiger partial charge is 0.349 e. The standard InChI is InChI=1S/C16H27BN3O6PS.C5H11ClNOP/c1-9-6-20(16(22)18-15(9)21)14-5-12(13(24-14)7-23-28-8-17)26-27-19(4)10(2)11(3)25-27;1-4-5(2)8-9(6)7(4)3/h6,10-14H,5,7-8,17H2,1-4H3,(H,18,21,22);4-5H,1-3H3/t10-,11+,12?,13?,14?,27?;4-,5+,9?/m00/s1/i17TD;. The highest BCUT2D eigenvalue weighted by Gasteiger charge is 2.44. The number of hydrogen-bond acceptors (Lipinski definition) is 10. The summed E-state index contributed by atoms with van der Waals surface area (Å²) in [5.74, 6) is 0. The molecule has 0 spiro atoms. The number of halogens is 1. The van der Waals surface area contributed by atoms with Gasteiger partial charge < -0.3 is 22.5 Å². The van der Waals surface area contributed by atoms with Crippen molar-refractivity contribution in [3.63, 3.8) is 0 Å². The molecule has 4 rings (SSSR count). The molecular formula is C21H38BClN4O7P2S. The molecule has 37 heavy (non-hydrogen) atoms. The van der Waals surface area contributed by atoms with Gasteiger partial charge in [-0.15, -0.1) is 0 Å². The summed E-state index contributed by atoms with van der Waals surface area (Å²) in [5.41, 5.74) is -0.341. The van der Waals surface area contributed by atoms with Crippen LogP contribution in [0.4, 0.5) is 0 Å². The molecule has 16 heteroatoms. The second-order valence-electron chi connectivity index (χ2n) is 9.27. The lowest BCUT2D eigenvalue weighted by Gasteiger charge is -2.24. The van der Waals surface area contributed by atoms with E-state index in [0.29, 0.717) is 24.1 Å². The van der Waals surface area contributed by atoms with Crippen molar-refractivity contribution >= 4 is 47.2 Å². The molecule has 0 amide bonds. The summed E-state index contributed by atoms with van der Waals surface area (Å²) in [6.07, 6.45) is 0.737. The van der Waals surface area contributed by atoms with E-state index in [0.717, 1.165) is 12.0 Å². The zero-order valence-electron chi connectivity index (χ0n) is 24.2. The molecule has 11 nitrogen and oxygen atoms in total. The van der Waals surface area contributed by atoms with Gasteiger partial charge in [0.1, 0.15) is 20.1 Å². The fourth-order valence-electron chi connectivity index (χ4n) is 3.81. The lowest BCUT2D eigenvalue weighted by atomic mass is 10.2. The monoisotopic (exact) mass is 601 g/mol. The molecule has 4 heterocycles. The summed E-state index contributed by atoms with van der Waals surface area (Å²) in [6.45, 7) is 10.0. The Hall–Kier alpha value is -0.0351. The van der Waals surface area contributed by atoms with E-state index in [1.54, 1.807) is 6.92 Å². The van der Waals surface area contributed by atoms with Crippen molar-refractivity contribution in [2.75, 3.05) is 26.4 Å². The Labute approximate surface area is 233 Å². The molecule has 0 radical (unpaired) electrons. The van der Waals surface area contributed by atoms with Crippen molar-refractivity contribution < 1.29 is 22.5 Å². The smallest absolute Gasteiger partial charge is 0.330 e. The Morgan fingerprint density at radius 3 is 2.49 bits per heavy atom. The number of rotatable bonds is 8. The lowest BCUT2D eigenvalue weighted by Crippen LogP contribution is -2.33. The molecule has 0 bridgehead atoms. The van der Waals surface area contributed by atoms with Crippen LogP contribution in [0, 0.1) is 6.92 Å². The maximum absolute atomic E-state index is 12.3. The van der Waals surface area contributed by atoms with E-state index in [1.165, 1.54) is 10.8 Å². The molecule has 1 aromatic rings. The van der Waals surface area contributed by atoms with Crippen molar-refractivity contribution in [2.24, 2.45) is 0 Å². The maximum atomic E-state index is 12.3. The minimum atomic E-state index is -1.27. The molecule has 0 aliphatic carbocycles. The van der Waals surface area contributed by atoms with Crippen molar-refractivity contribution in [1.29, 1.82) is 2.67 Å². The predicted octanol–water partition coefficient (Wildman–Crippen LogP) is 2.93. The number of aromatic amines is 1. The van der Waals surface area contributed by atoms with E-state index in [4.69, 9.17) is 36.4 Å². The third kappa shape index (κ3) is 7.79. The molecule has 3 saturated heterocycles. The van der Waals surface area contributed by atoms with Crippen LogP contribution in [0.1, 0.15) is 45.9 Å². The van der Waals surface area contributed by atoms with Crippen LogP contribution in [0.15, 0.2) is 15.8 Å². The maximum Gasteiger partial charge on any atom is 0.330 e. The first kappa shape index (κ1) is 28.5. The molecular weight excluding hydrogens is 561 g/mol. The molecule has 0 saturated carbocycles. The molecule has 9 atom stereocenters. The van der Waals surface area contributed by atoms with E-state index >= 15 is 0 Å². The van der Waals surface area contributed by atoms with Crippen molar-refractivity contribution in [2.45, 2.75) is 83.8 Å². The summed E-state index contributed by atoms with van der Waals surface area (Å²) >= 11 is 6.86. The van der Waals surface area contributed by atoms with Gasteiger partial charge in [-0.2, -0.15) is 0 Å². The van der Waals surface area contributed by atoms with E-state index in [2.05, 4.69) is 28.2 Å². The van der Waals surface area contributed by atoms with Gasteiger partial charge in [0.15, 0.2) is 0 Å². The topological polar surface area (TPSA) is 107 Å². The second kappa shape index (κ2) is 14.0. The molecule has 3 fully saturated rings. The average Bonchev–Trinajstić information content (AvgIpc) is 3.45. The normalized spacial score (nSPS) is 37.2. The predicted molar refractivity (Wildman–Crippen MR) is 152 cm³/mol. The Morgan fingerprint density at radius 2 is 1.95 bits per heavy atom. The number of hydrogen-bond donors (Lipinski definition) is 1. The van der Waals surface area contributed by atoms with Gasteiger partial charge in [0.2, 0.25) is 7.65 Å². The SMILES string of the molecule is C[C@H]1OP(Cl)N(C)[C@H]1C.[2H]B([3H])CSOCC1OC(n2cc(C)c(=O)[nH]c2=O)CC1OP1O[C@H](C)[C@H](C)N1C. The van der Waals surface area contributed by atoms with Gasteiger partial charge in [0, 0.05) is 30.3 Å². The van der Waals surface area contributed by atoms with Crippen LogP contribution in [0.5, 0.6) is 0 Å². The van der Waals surface area contributed by atoms with E-state index in [9.17, 15) is 9.59 Å². The fraction of sp³-hybridized carbons (Fsp3) is 0.810. The summed E-state index contributed by atoms with van der Waals surface area (Å²) < 4.78 is 49.1. The summed E-state index contributed by atoms with van der Waals surface area (Å²) in [7, 11) is 0.894. The number of likely N-dealkylation sites (N-methyl/N-ethyl adjacent to an activating group) is 2. The first-order chi connectivity index (χ1) is 18.3. The first-order valence-corrected chi connectivity index (χ1v) is 16.2. The number of aromatic nitrogens is 2. The number of nitrogens with one attached hydrogen (secondary N) is 1. The molecule has 3 aliphatic heterocycles. The van der Waals surface area contributed by atoms with Crippen LogP contribution in [-0.2, 0) is 22.5 Å². The quantitative estimate of drug-likeness (QED) is 0.207. The minimum absolute atomic E-state index is 0.0417. The molecule has 1 N–H and O–H groups in total. The van der Waals surface area contributed by atoms with Gasteiger partial charge >= 0.3 is 5.69 Å². The third-order valence-corrected chi connectivity index (χ3v) is 11.4. The van der Waals surface area contributed by atoms with E-state index in [1.807, 2.05) is 27.9 Å². The molecule has 0 aromatic carbocycles. The second-order valence-corrected chi connectivity index (χ2v) is 13.8. The number of nitrogens with zero attached hydrogens (tertiary/aromatic N) is 3. The number of ether oxygens (including phenoxy) is 1. The van der Waals surface area contributed by atoms with Gasteiger partial charge in [-0.05, 0) is 80.3 Å². The first-order valence-electron chi connectivity index (χ1n) is 13.2. The molecule has 5 unspecified atom stereocenters. The van der Waals surface area contributed by atoms with Crippen LogP contribution in [-0.4, -0.2) is 92.2 Å². The highest BCUT2D eigenvalue weighted by atomic mass is 35.7. The third-order valence-electron chi connectivity index (χ3n) is 6.80. The highest BCUT2D eigenvalue weighted by Crippen LogP contribution is 2.54. The average molecular weight is 602 g/mol. The summed E-state index contributed by atoms with van der Waals surface area (Å²) in [4.78, 5) is 26.3. The summed E-state index contributed by atoms with van der Waals surface area (Å²) in [6, 6.07) is 0.684. The molecule has 210 valence electrons. The Morgan fingerprint density at radius 1 is 1.27 bits per heavy atom. The number of aryl methyl sites for hydroxylation is 1. The Kier molecular flexibility index (Phi) is 10.8. The van der Waals surface area contributed by atoms with Crippen LogP contribution in [0.25, 0.3) is 0 Å². The highest BCUT2D eigenvalue weighted by molar-refractivity contribution is 7.95. The van der Waals surface area contributed by atoms with Crippen LogP contribution >= 0.6 is 39.5 Å². The van der Waals surface area contributed by atoms with E-state index < -0.39 is 47.5 Å². The van der Waals surface area contributed by atoms with Crippen molar-refractivity contribution in [3.05, 3.63) is 32.6 Å². The van der Waals surface area contributed by atoms with Gasteiger partial charge in [-0.3, -0.25) is 14.3 Å². The van der Waals surface area contributed by atoms with Crippen molar-refractivity contribution in [1.82, 2.24) is 18.9 Å². The zero-order chi connectivity index (χ0) is 29.0. The van der Waals surface area contributed by atoms with Crippen LogP contribution < -0.4 is 11.2 Å². The Balaban J connectivity index is 0.000000395. The zero-order valence-corrected chi connectivity index (χ0v) is 25.6. The van der Waals surface area contributed by atoms with Gasteiger partial charge in [0.05, 0.1) is 24.9 Å². The van der Waals surface area contributed by atoms with Crippen LogP contribution in [0.3, 0.4) is 0 Å². The summed E-state index contributed by atoms with van der Waals surface area (Å²) in [5, 5.41) is 0. The molecule has 1 aromatic heterocycles. The minimum Gasteiger partial charge on any atom is -0.349 e. The van der Waals surface area contributed by atoms with Crippen LogP contribution in [0.2, 0.25) is 0 Å². The van der Waals surface area contributed by atoms with Crippen molar-refractivity contribution in [3.8, 4) is 0 Å². The molecule has 3 aliphatic rings. The number of H-pyrrole nitrogens is 1. The lowest BCUT2D eigenvalue weighted by molar-refractivity contribution is -0.0349. The van der Waals surface area contributed by atoms with Gasteiger partial charge in [0.25, 0.3) is 14.1 Å². The fourth-order valence-corrected chi connectivity index (χ4v) is 7.75. The van der Waals surface area contributed by atoms with E-state index in [-0.39, 0.29) is 30.5 Å². The van der Waals surface area contributed by atoms with Gasteiger partial charge in [-0.25, -0.2) is 14.1 Å².